The molecule has 7 heteroatoms. The van der Waals surface area contributed by atoms with Crippen molar-refractivity contribution in [2.75, 3.05) is 5.32 Å². The van der Waals surface area contributed by atoms with Crippen LogP contribution in [0, 0.1) is 11.8 Å². The largest absolute Gasteiger partial charge is 0.304 e. The Kier molecular flexibility index (Phi) is 3.41. The summed E-state index contributed by atoms with van der Waals surface area (Å²) < 4.78 is 0. The second kappa shape index (κ2) is 5.79. The number of H-pyrrole nitrogens is 2. The summed E-state index contributed by atoms with van der Waals surface area (Å²) in [4.78, 5) is 24.5. The van der Waals surface area contributed by atoms with E-state index in [2.05, 4.69) is 25.7 Å². The third-order valence-corrected chi connectivity index (χ3v) is 5.89. The zero-order valence-corrected chi connectivity index (χ0v) is 14.2. The van der Waals surface area contributed by atoms with E-state index in [1.165, 1.54) is 25.7 Å². The number of fused-ring (bicyclic) bond motifs is 3. The molecule has 2 aromatic heterocycles. The third kappa shape index (κ3) is 2.42. The molecular weight excluding hydrogens is 330 g/mol. The van der Waals surface area contributed by atoms with Crippen LogP contribution in [0.2, 0.25) is 0 Å². The first-order valence-corrected chi connectivity index (χ1v) is 9.03. The average molecular weight is 349 g/mol. The minimum atomic E-state index is -0.386. The number of aromatic nitrogens is 4. The van der Waals surface area contributed by atoms with Crippen LogP contribution in [0.1, 0.15) is 47.8 Å². The monoisotopic (exact) mass is 349 g/mol. The highest BCUT2D eigenvalue weighted by Crippen LogP contribution is 2.52. The smallest absolute Gasteiger partial charge is 0.277 e. The number of rotatable bonds is 3. The van der Waals surface area contributed by atoms with E-state index in [-0.39, 0.29) is 17.2 Å². The summed E-state index contributed by atoms with van der Waals surface area (Å²) in [6, 6.07) is 8.86. The second-order valence-electron chi connectivity index (χ2n) is 7.39. The third-order valence-electron chi connectivity index (χ3n) is 5.89. The van der Waals surface area contributed by atoms with E-state index in [0.29, 0.717) is 22.5 Å². The first-order chi connectivity index (χ1) is 12.7. The van der Waals surface area contributed by atoms with Crippen molar-refractivity contribution in [3.8, 4) is 0 Å². The Morgan fingerprint density at radius 3 is 2.69 bits per heavy atom. The topological polar surface area (TPSA) is 104 Å². The highest BCUT2D eigenvalue weighted by atomic mass is 16.2. The molecule has 2 aliphatic carbocycles. The minimum Gasteiger partial charge on any atom is -0.304 e. The van der Waals surface area contributed by atoms with Gasteiger partial charge in [0.1, 0.15) is 0 Å². The van der Waals surface area contributed by atoms with Gasteiger partial charge in [-0.2, -0.15) is 10.2 Å². The van der Waals surface area contributed by atoms with Crippen molar-refractivity contribution in [2.24, 2.45) is 11.8 Å². The normalized spacial score (nSPS) is 24.2. The first-order valence-electron chi connectivity index (χ1n) is 9.03. The molecule has 5 rings (SSSR count). The van der Waals surface area contributed by atoms with Gasteiger partial charge in [-0.05, 0) is 37.2 Å². The van der Waals surface area contributed by atoms with E-state index in [1.54, 1.807) is 24.3 Å². The number of carbonyl (C=O) groups excluding carboxylic acids is 1. The van der Waals surface area contributed by atoms with Gasteiger partial charge in [-0.3, -0.25) is 14.7 Å². The van der Waals surface area contributed by atoms with Gasteiger partial charge in [0.25, 0.3) is 11.5 Å². The lowest BCUT2D eigenvalue weighted by Crippen LogP contribution is -2.19. The lowest BCUT2D eigenvalue weighted by atomic mass is 9.86. The van der Waals surface area contributed by atoms with Crippen LogP contribution in [-0.4, -0.2) is 26.3 Å². The van der Waals surface area contributed by atoms with Crippen LogP contribution in [0.15, 0.2) is 35.1 Å². The molecule has 7 nitrogen and oxygen atoms in total. The van der Waals surface area contributed by atoms with Crippen LogP contribution in [0.4, 0.5) is 5.82 Å². The van der Waals surface area contributed by atoms with Gasteiger partial charge in [0.05, 0.1) is 5.39 Å². The molecule has 0 saturated heterocycles. The van der Waals surface area contributed by atoms with Gasteiger partial charge < -0.3 is 5.32 Å². The Morgan fingerprint density at radius 1 is 1.08 bits per heavy atom. The summed E-state index contributed by atoms with van der Waals surface area (Å²) in [5.41, 5.74) is 0.979. The summed E-state index contributed by atoms with van der Waals surface area (Å²) in [7, 11) is 0. The average Bonchev–Trinajstić information content (AvgIpc) is 3.39. The molecule has 2 bridgehead atoms. The first kappa shape index (κ1) is 15.3. The maximum absolute atomic E-state index is 12.6. The molecule has 0 aliphatic heterocycles. The van der Waals surface area contributed by atoms with Crippen LogP contribution >= 0.6 is 0 Å². The van der Waals surface area contributed by atoms with Crippen LogP contribution in [-0.2, 0) is 0 Å². The van der Waals surface area contributed by atoms with Crippen LogP contribution < -0.4 is 10.9 Å². The van der Waals surface area contributed by atoms with E-state index >= 15 is 0 Å². The standard InChI is InChI=1S/C19H19N5O2/c25-18-13-4-2-1-3-12(13)17(23-24-18)19(26)20-16-9-15(21-22-16)14-8-10-5-6-11(14)7-10/h1-4,9-11,14H,5-8H2,(H,24,25)(H2,20,21,22,26)/t10-,11-,14+/m0/s1. The summed E-state index contributed by atoms with van der Waals surface area (Å²) in [5, 5.41) is 17.4. The van der Waals surface area contributed by atoms with Gasteiger partial charge in [-0.15, -0.1) is 0 Å². The van der Waals surface area contributed by atoms with Crippen molar-refractivity contribution >= 4 is 22.5 Å². The predicted octanol–water partition coefficient (Wildman–Crippen LogP) is 2.80. The number of hydrogen-bond donors (Lipinski definition) is 3. The minimum absolute atomic E-state index is 0.185. The zero-order valence-electron chi connectivity index (χ0n) is 14.2. The summed E-state index contributed by atoms with van der Waals surface area (Å²) >= 11 is 0. The van der Waals surface area contributed by atoms with Crippen LogP contribution in [0.5, 0.6) is 0 Å². The lowest BCUT2D eigenvalue weighted by Gasteiger charge is -2.19. The molecular formula is C19H19N5O2. The van der Waals surface area contributed by atoms with E-state index in [4.69, 9.17) is 0 Å². The molecule has 0 spiro atoms. The molecule has 0 unspecified atom stereocenters. The van der Waals surface area contributed by atoms with Crippen molar-refractivity contribution in [3.05, 3.63) is 52.1 Å². The van der Waals surface area contributed by atoms with E-state index in [0.717, 1.165) is 17.5 Å². The molecule has 1 aromatic carbocycles. The number of hydrogen-bond acceptors (Lipinski definition) is 4. The van der Waals surface area contributed by atoms with E-state index < -0.39 is 0 Å². The number of amides is 1. The number of carbonyl (C=O) groups is 1. The van der Waals surface area contributed by atoms with E-state index in [1.807, 2.05) is 6.07 Å². The molecule has 1 amide bonds. The Balaban J connectivity index is 1.40. The number of benzene rings is 1. The Hall–Kier alpha value is -2.96. The molecule has 2 saturated carbocycles. The van der Waals surface area contributed by atoms with Gasteiger partial charge >= 0.3 is 0 Å². The summed E-state index contributed by atoms with van der Waals surface area (Å²) in [6.07, 6.45) is 5.18. The number of aromatic amines is 2. The van der Waals surface area contributed by atoms with Crippen molar-refractivity contribution in [1.29, 1.82) is 0 Å². The highest BCUT2D eigenvalue weighted by molar-refractivity contribution is 6.10. The number of anilines is 1. The highest BCUT2D eigenvalue weighted by Gasteiger charge is 2.40. The second-order valence-corrected chi connectivity index (χ2v) is 7.39. The Bertz CT molecular complexity index is 1050. The molecule has 26 heavy (non-hydrogen) atoms. The SMILES string of the molecule is O=C(Nc1cc([C@@H]2C[C@H]3CC[C@H]2C3)[nH]n1)c1n[nH]c(=O)c2ccccc12. The predicted molar refractivity (Wildman–Crippen MR) is 97.1 cm³/mol. The summed E-state index contributed by atoms with van der Waals surface area (Å²) in [6.45, 7) is 0. The van der Waals surface area contributed by atoms with Crippen molar-refractivity contribution < 1.29 is 4.79 Å². The van der Waals surface area contributed by atoms with Crippen molar-refractivity contribution in [1.82, 2.24) is 20.4 Å². The molecule has 2 heterocycles. The van der Waals surface area contributed by atoms with Crippen LogP contribution in [0.25, 0.3) is 10.8 Å². The molecule has 2 fully saturated rings. The molecule has 132 valence electrons. The van der Waals surface area contributed by atoms with Crippen molar-refractivity contribution in [3.63, 3.8) is 0 Å². The van der Waals surface area contributed by atoms with Gasteiger partial charge in [0.2, 0.25) is 0 Å². The molecule has 2 aliphatic rings. The van der Waals surface area contributed by atoms with Gasteiger partial charge in [-0.1, -0.05) is 24.6 Å². The summed E-state index contributed by atoms with van der Waals surface area (Å²) in [5.74, 6) is 2.23. The molecule has 0 radical (unpaired) electrons. The maximum Gasteiger partial charge on any atom is 0.277 e. The maximum atomic E-state index is 12.6. The van der Waals surface area contributed by atoms with Gasteiger partial charge in [0, 0.05) is 23.1 Å². The Morgan fingerprint density at radius 2 is 1.92 bits per heavy atom. The fraction of sp³-hybridized carbons (Fsp3) is 0.368. The van der Waals surface area contributed by atoms with Crippen LogP contribution in [0.3, 0.4) is 0 Å². The molecule has 3 aromatic rings. The van der Waals surface area contributed by atoms with Gasteiger partial charge in [-0.25, -0.2) is 5.10 Å². The Labute approximate surface area is 149 Å². The van der Waals surface area contributed by atoms with Crippen molar-refractivity contribution in [2.45, 2.75) is 31.6 Å². The molecule has 3 atom stereocenters. The fourth-order valence-corrected chi connectivity index (χ4v) is 4.68. The van der Waals surface area contributed by atoms with Gasteiger partial charge in [0.15, 0.2) is 11.5 Å². The number of nitrogens with zero attached hydrogens (tertiary/aromatic N) is 2. The van der Waals surface area contributed by atoms with E-state index in [9.17, 15) is 9.59 Å². The zero-order chi connectivity index (χ0) is 17.7. The fourth-order valence-electron chi connectivity index (χ4n) is 4.68. The molecule has 3 N–H and O–H groups in total. The number of nitrogens with one attached hydrogen (secondary N) is 3. The quantitative estimate of drug-likeness (QED) is 0.676. The lowest BCUT2D eigenvalue weighted by molar-refractivity contribution is 0.102.